The second-order valence-corrected chi connectivity index (χ2v) is 16.8. The molecule has 300 valence electrons. The van der Waals surface area contributed by atoms with Crippen LogP contribution in [0.15, 0.2) is 36.5 Å². The highest BCUT2D eigenvalue weighted by Crippen LogP contribution is 2.43. The summed E-state index contributed by atoms with van der Waals surface area (Å²) in [6.45, 7) is 4.79. The quantitative estimate of drug-likeness (QED) is 0.0253. The van der Waals surface area contributed by atoms with Crippen LogP contribution in [0.3, 0.4) is 0 Å². The van der Waals surface area contributed by atoms with E-state index in [0.29, 0.717) is 23.9 Å². The number of carbonyl (C=O) groups excluding carboxylic acids is 1. The number of hydrogen-bond acceptors (Lipinski definition) is 5. The van der Waals surface area contributed by atoms with Crippen LogP contribution in [0.2, 0.25) is 0 Å². The molecule has 51 heavy (non-hydrogen) atoms. The number of aliphatic hydroxyl groups excluding tert-OH is 1. The Bertz CT molecular complexity index is 933. The van der Waals surface area contributed by atoms with E-state index in [0.717, 1.165) is 57.8 Å². The number of phosphoric ester groups is 1. The Hall–Kier alpha value is -1.28. The van der Waals surface area contributed by atoms with Crippen LogP contribution in [0.5, 0.6) is 0 Å². The summed E-state index contributed by atoms with van der Waals surface area (Å²) in [6, 6.07) is -0.760. The first kappa shape index (κ1) is 49.7. The van der Waals surface area contributed by atoms with Gasteiger partial charge in [-0.25, -0.2) is 4.57 Å². The number of amides is 1. The molecule has 0 heterocycles. The van der Waals surface area contributed by atoms with Gasteiger partial charge in [-0.2, -0.15) is 0 Å². The maximum atomic E-state index is 12.8. The number of rotatable bonds is 37. The van der Waals surface area contributed by atoms with Crippen LogP contribution >= 0.6 is 7.82 Å². The third kappa shape index (κ3) is 36.9. The number of nitrogens with zero attached hydrogens (tertiary/aromatic N) is 1. The van der Waals surface area contributed by atoms with Crippen molar-refractivity contribution in [2.45, 2.75) is 187 Å². The monoisotopic (exact) mass is 742 g/mol. The summed E-state index contributed by atoms with van der Waals surface area (Å²) in [6.07, 6.45) is 40.5. The van der Waals surface area contributed by atoms with Gasteiger partial charge in [0.2, 0.25) is 5.91 Å². The highest BCUT2D eigenvalue weighted by atomic mass is 31.2. The van der Waals surface area contributed by atoms with Gasteiger partial charge in [0.1, 0.15) is 13.2 Å². The molecule has 1 amide bonds. The number of likely N-dealkylation sites (N-methyl/N-ethyl adjacent to an activating group) is 1. The lowest BCUT2D eigenvalue weighted by molar-refractivity contribution is -0.870. The SMILES string of the molecule is CCCCCCC/C=C\C/C=C\C/C=C\CCCCCCCCCCC(=O)NC(COP(=O)(O)OCC[N+](C)(C)C)C(O)CCCCCCCC. The molecule has 0 aromatic heterocycles. The topological polar surface area (TPSA) is 105 Å². The number of hydrogen-bond donors (Lipinski definition) is 3. The van der Waals surface area contributed by atoms with Gasteiger partial charge in [-0.1, -0.05) is 153 Å². The van der Waals surface area contributed by atoms with E-state index in [2.05, 4.69) is 55.6 Å². The molecular weight excluding hydrogens is 659 g/mol. The predicted octanol–water partition coefficient (Wildman–Crippen LogP) is 11.1. The summed E-state index contributed by atoms with van der Waals surface area (Å²) in [5.74, 6) is -0.159. The molecular formula is C42H82N2O6P+. The van der Waals surface area contributed by atoms with Gasteiger partial charge in [0.05, 0.1) is 39.9 Å². The van der Waals surface area contributed by atoms with E-state index >= 15 is 0 Å². The normalized spacial score (nSPS) is 14.9. The van der Waals surface area contributed by atoms with Crippen molar-refractivity contribution in [3.63, 3.8) is 0 Å². The number of nitrogens with one attached hydrogen (secondary N) is 1. The molecule has 0 aliphatic carbocycles. The van der Waals surface area contributed by atoms with Crippen molar-refractivity contribution < 1.29 is 32.9 Å². The minimum atomic E-state index is -4.30. The highest BCUT2D eigenvalue weighted by molar-refractivity contribution is 7.47. The zero-order valence-corrected chi connectivity index (χ0v) is 34.7. The second-order valence-electron chi connectivity index (χ2n) is 15.4. The van der Waals surface area contributed by atoms with Crippen molar-refractivity contribution in [3.05, 3.63) is 36.5 Å². The summed E-state index contributed by atoms with van der Waals surface area (Å²) >= 11 is 0. The molecule has 0 saturated carbocycles. The number of phosphoric acid groups is 1. The summed E-state index contributed by atoms with van der Waals surface area (Å²) < 4.78 is 23.4. The fraction of sp³-hybridized carbons (Fsp3) is 0.833. The molecule has 0 fully saturated rings. The second kappa shape index (κ2) is 34.5. The largest absolute Gasteiger partial charge is 0.472 e. The fourth-order valence-electron chi connectivity index (χ4n) is 5.76. The van der Waals surface area contributed by atoms with E-state index in [-0.39, 0.29) is 19.1 Å². The Morgan fingerprint density at radius 3 is 1.63 bits per heavy atom. The van der Waals surface area contributed by atoms with E-state index < -0.39 is 20.0 Å². The van der Waals surface area contributed by atoms with Crippen LogP contribution < -0.4 is 5.32 Å². The maximum absolute atomic E-state index is 12.8. The van der Waals surface area contributed by atoms with Gasteiger partial charge in [-0.3, -0.25) is 13.8 Å². The number of carbonyl (C=O) groups is 1. The molecule has 0 radical (unpaired) electrons. The summed E-state index contributed by atoms with van der Waals surface area (Å²) in [5, 5.41) is 13.8. The molecule has 9 heteroatoms. The van der Waals surface area contributed by atoms with Gasteiger partial charge >= 0.3 is 7.82 Å². The third-order valence-electron chi connectivity index (χ3n) is 9.14. The predicted molar refractivity (Wildman–Crippen MR) is 217 cm³/mol. The number of unbranched alkanes of at least 4 members (excludes halogenated alkanes) is 18. The van der Waals surface area contributed by atoms with Crippen LogP contribution in [0.4, 0.5) is 0 Å². The van der Waals surface area contributed by atoms with Crippen molar-refractivity contribution >= 4 is 13.7 Å². The molecule has 0 aliphatic heterocycles. The van der Waals surface area contributed by atoms with E-state index in [9.17, 15) is 19.4 Å². The third-order valence-corrected chi connectivity index (χ3v) is 10.1. The van der Waals surface area contributed by atoms with Gasteiger partial charge in [0.15, 0.2) is 0 Å². The molecule has 0 aromatic carbocycles. The van der Waals surface area contributed by atoms with Crippen LogP contribution in [-0.4, -0.2) is 73.4 Å². The first-order valence-corrected chi connectivity index (χ1v) is 22.3. The Morgan fingerprint density at radius 2 is 1.12 bits per heavy atom. The molecule has 3 N–H and O–H groups in total. The number of quaternary nitrogens is 1. The first-order valence-electron chi connectivity index (χ1n) is 20.9. The first-order chi connectivity index (χ1) is 24.5. The van der Waals surface area contributed by atoms with Gasteiger partial charge in [0.25, 0.3) is 0 Å². The van der Waals surface area contributed by atoms with Gasteiger partial charge in [-0.15, -0.1) is 0 Å². The van der Waals surface area contributed by atoms with Crippen LogP contribution in [0.25, 0.3) is 0 Å². The zero-order chi connectivity index (χ0) is 37.9. The molecule has 8 nitrogen and oxygen atoms in total. The van der Waals surface area contributed by atoms with Crippen LogP contribution in [0, 0.1) is 0 Å². The molecule has 3 atom stereocenters. The minimum absolute atomic E-state index is 0.0714. The molecule has 0 spiro atoms. The maximum Gasteiger partial charge on any atom is 0.472 e. The van der Waals surface area contributed by atoms with E-state index in [4.69, 9.17) is 9.05 Å². The number of aliphatic hydroxyl groups is 1. The van der Waals surface area contributed by atoms with Crippen molar-refractivity contribution in [1.82, 2.24) is 5.32 Å². The smallest absolute Gasteiger partial charge is 0.391 e. The average Bonchev–Trinajstić information content (AvgIpc) is 3.07. The van der Waals surface area contributed by atoms with E-state index in [1.165, 1.54) is 89.9 Å². The Morgan fingerprint density at radius 1 is 0.667 bits per heavy atom. The van der Waals surface area contributed by atoms with Crippen molar-refractivity contribution in [3.8, 4) is 0 Å². The summed E-state index contributed by atoms with van der Waals surface area (Å²) in [7, 11) is 1.60. The van der Waals surface area contributed by atoms with Crippen LogP contribution in [-0.2, 0) is 18.4 Å². The number of allylic oxidation sites excluding steroid dienone is 6. The lowest BCUT2D eigenvalue weighted by Gasteiger charge is -2.26. The van der Waals surface area contributed by atoms with Gasteiger partial charge in [-0.05, 0) is 51.4 Å². The molecule has 0 saturated heterocycles. The summed E-state index contributed by atoms with van der Waals surface area (Å²) in [4.78, 5) is 22.9. The van der Waals surface area contributed by atoms with E-state index in [1.807, 2.05) is 21.1 Å². The molecule has 0 aromatic rings. The summed E-state index contributed by atoms with van der Waals surface area (Å²) in [5.41, 5.74) is 0. The van der Waals surface area contributed by atoms with Crippen LogP contribution in [0.1, 0.15) is 174 Å². The average molecular weight is 742 g/mol. The zero-order valence-electron chi connectivity index (χ0n) is 33.8. The molecule has 0 aliphatic rings. The Balaban J connectivity index is 4.16. The Labute approximate surface area is 315 Å². The van der Waals surface area contributed by atoms with E-state index in [1.54, 1.807) is 0 Å². The van der Waals surface area contributed by atoms with Gasteiger partial charge < -0.3 is 19.8 Å². The fourth-order valence-corrected chi connectivity index (χ4v) is 6.49. The van der Waals surface area contributed by atoms with Gasteiger partial charge in [0, 0.05) is 6.42 Å². The standard InChI is InChI=1S/C42H81N2O6P/c1-6-8-10-12-14-15-16-17-18-19-20-21-22-23-24-25-26-27-28-29-30-32-34-36-42(46)43-40(41(45)35-33-31-13-11-9-7-2)39-50-51(47,48)49-38-37-44(3,4)5/h16-17,19-20,22-23,40-41,45H,6-15,18,21,24-39H2,1-5H3,(H-,43,46,47,48)/p+1/b17-16-,20-19-,23-22-. The molecule has 3 unspecified atom stereocenters. The van der Waals surface area contributed by atoms with Crippen molar-refractivity contribution in [2.24, 2.45) is 0 Å². The Kier molecular flexibility index (Phi) is 33.6. The lowest BCUT2D eigenvalue weighted by atomic mass is 10.0. The lowest BCUT2D eigenvalue weighted by Crippen LogP contribution is -2.46. The van der Waals surface area contributed by atoms with Crippen molar-refractivity contribution in [2.75, 3.05) is 40.9 Å². The highest BCUT2D eigenvalue weighted by Gasteiger charge is 2.28. The molecule has 0 rings (SSSR count). The molecule has 0 bridgehead atoms. The van der Waals surface area contributed by atoms with Crippen molar-refractivity contribution in [1.29, 1.82) is 0 Å². The minimum Gasteiger partial charge on any atom is -0.391 e.